The SMILES string of the molecule is COC(=O)N[C@@H](C(=O)C(C)C)C(C)C.[HH]. The molecule has 0 fully saturated rings. The van der Waals surface area contributed by atoms with Gasteiger partial charge in [-0.05, 0) is 5.92 Å². The van der Waals surface area contributed by atoms with Crippen LogP contribution in [0.5, 0.6) is 0 Å². The zero-order valence-corrected chi connectivity index (χ0v) is 9.46. The van der Waals surface area contributed by atoms with Crippen molar-refractivity contribution in [3.05, 3.63) is 0 Å². The second kappa shape index (κ2) is 5.62. The summed E-state index contributed by atoms with van der Waals surface area (Å²) in [4.78, 5) is 22.6. The van der Waals surface area contributed by atoms with Gasteiger partial charge in [-0.3, -0.25) is 4.79 Å². The fraction of sp³-hybridized carbons (Fsp3) is 0.800. The van der Waals surface area contributed by atoms with Crippen molar-refractivity contribution in [2.75, 3.05) is 7.11 Å². The lowest BCUT2D eigenvalue weighted by molar-refractivity contribution is -0.124. The van der Waals surface area contributed by atoms with Gasteiger partial charge in [-0.25, -0.2) is 4.79 Å². The molecular weight excluding hydrogens is 182 g/mol. The maximum atomic E-state index is 11.7. The summed E-state index contributed by atoms with van der Waals surface area (Å²) in [5.41, 5.74) is 0. The highest BCUT2D eigenvalue weighted by molar-refractivity contribution is 5.88. The molecule has 0 aliphatic rings. The van der Waals surface area contributed by atoms with Gasteiger partial charge in [-0.1, -0.05) is 27.7 Å². The Hall–Kier alpha value is -1.06. The Bertz CT molecular complexity index is 217. The van der Waals surface area contributed by atoms with Crippen LogP contribution >= 0.6 is 0 Å². The molecule has 0 heterocycles. The summed E-state index contributed by atoms with van der Waals surface area (Å²) < 4.78 is 4.46. The molecule has 0 saturated carbocycles. The molecule has 0 bridgehead atoms. The maximum Gasteiger partial charge on any atom is 0.407 e. The first kappa shape index (κ1) is 12.9. The van der Waals surface area contributed by atoms with Gasteiger partial charge in [0.15, 0.2) is 5.78 Å². The number of alkyl carbamates (subject to hydrolysis) is 1. The minimum atomic E-state index is -0.558. The van der Waals surface area contributed by atoms with Crippen LogP contribution in [0.3, 0.4) is 0 Å². The Morgan fingerprint density at radius 2 is 1.71 bits per heavy atom. The third-order valence-corrected chi connectivity index (χ3v) is 2.00. The molecule has 0 radical (unpaired) electrons. The van der Waals surface area contributed by atoms with E-state index in [-0.39, 0.29) is 19.0 Å². The summed E-state index contributed by atoms with van der Waals surface area (Å²) >= 11 is 0. The molecule has 0 aromatic rings. The first-order valence-corrected chi connectivity index (χ1v) is 4.78. The molecule has 0 aliphatic heterocycles. The lowest BCUT2D eigenvalue weighted by Gasteiger charge is -2.21. The number of hydrogen-bond acceptors (Lipinski definition) is 3. The van der Waals surface area contributed by atoms with Crippen LogP contribution in [0.2, 0.25) is 0 Å². The van der Waals surface area contributed by atoms with Crippen molar-refractivity contribution in [1.29, 1.82) is 0 Å². The molecule has 0 aliphatic carbocycles. The molecule has 0 unspecified atom stereocenters. The van der Waals surface area contributed by atoms with Gasteiger partial charge in [0.25, 0.3) is 0 Å². The number of amides is 1. The number of rotatable bonds is 4. The Morgan fingerprint density at radius 3 is 2.00 bits per heavy atom. The van der Waals surface area contributed by atoms with Crippen molar-refractivity contribution in [2.45, 2.75) is 33.7 Å². The smallest absolute Gasteiger partial charge is 0.407 e. The van der Waals surface area contributed by atoms with Gasteiger partial charge < -0.3 is 10.1 Å². The fourth-order valence-corrected chi connectivity index (χ4v) is 1.11. The first-order valence-electron chi connectivity index (χ1n) is 4.78. The van der Waals surface area contributed by atoms with E-state index in [4.69, 9.17) is 0 Å². The van der Waals surface area contributed by atoms with Crippen molar-refractivity contribution in [1.82, 2.24) is 5.32 Å². The van der Waals surface area contributed by atoms with Crippen LogP contribution in [0.25, 0.3) is 0 Å². The van der Waals surface area contributed by atoms with Crippen LogP contribution in [-0.2, 0) is 9.53 Å². The van der Waals surface area contributed by atoms with Crippen molar-refractivity contribution in [3.8, 4) is 0 Å². The summed E-state index contributed by atoms with van der Waals surface area (Å²) in [5.74, 6) is 0.0222. The van der Waals surface area contributed by atoms with Gasteiger partial charge in [0, 0.05) is 7.34 Å². The van der Waals surface area contributed by atoms with Gasteiger partial charge in [0.1, 0.15) is 0 Å². The van der Waals surface area contributed by atoms with E-state index in [1.807, 2.05) is 27.7 Å². The highest BCUT2D eigenvalue weighted by Gasteiger charge is 2.26. The highest BCUT2D eigenvalue weighted by Crippen LogP contribution is 2.09. The normalized spacial score (nSPS) is 12.8. The zero-order valence-electron chi connectivity index (χ0n) is 9.46. The van der Waals surface area contributed by atoms with Gasteiger partial charge in [0.05, 0.1) is 13.2 Å². The van der Waals surface area contributed by atoms with Crippen molar-refractivity contribution < 1.29 is 15.8 Å². The Kier molecular flexibility index (Phi) is 5.20. The second-order valence-electron chi connectivity index (χ2n) is 3.91. The Balaban J connectivity index is 0. The number of Topliss-reactive ketones (excluding diaryl/α,β-unsaturated/α-hetero) is 1. The number of ether oxygens (including phenoxy) is 1. The molecule has 1 N–H and O–H groups in total. The summed E-state index contributed by atoms with van der Waals surface area (Å²) in [7, 11) is 1.28. The van der Waals surface area contributed by atoms with E-state index >= 15 is 0 Å². The standard InChI is InChI=1S/C10H19NO3.H2/c1-6(2)8(9(12)7(3)4)11-10(13)14-5;/h6-8H,1-5H3,(H,11,13);1H/t8-;/m1./s1. The van der Waals surface area contributed by atoms with E-state index in [0.29, 0.717) is 0 Å². The number of methoxy groups -OCH3 is 1. The number of carbonyl (C=O) groups is 2. The molecule has 0 rings (SSSR count). The van der Waals surface area contributed by atoms with E-state index in [9.17, 15) is 9.59 Å². The van der Waals surface area contributed by atoms with Crippen LogP contribution in [0, 0.1) is 11.8 Å². The summed E-state index contributed by atoms with van der Waals surface area (Å²) in [5, 5.41) is 2.54. The predicted octanol–water partition coefficient (Wildman–Crippen LogP) is 1.84. The molecule has 0 saturated heterocycles. The van der Waals surface area contributed by atoms with Crippen molar-refractivity contribution in [3.63, 3.8) is 0 Å². The number of carbonyl (C=O) groups excluding carboxylic acids is 2. The molecule has 4 nitrogen and oxygen atoms in total. The zero-order chi connectivity index (χ0) is 11.3. The van der Waals surface area contributed by atoms with E-state index in [1.165, 1.54) is 7.11 Å². The lowest BCUT2D eigenvalue weighted by Crippen LogP contribution is -2.46. The average Bonchev–Trinajstić information content (AvgIpc) is 2.11. The largest absolute Gasteiger partial charge is 0.453 e. The van der Waals surface area contributed by atoms with Crippen LogP contribution in [0.1, 0.15) is 29.1 Å². The minimum absolute atomic E-state index is 0. The molecular formula is C10H21NO3. The monoisotopic (exact) mass is 203 g/mol. The van der Waals surface area contributed by atoms with Gasteiger partial charge >= 0.3 is 6.09 Å². The summed E-state index contributed by atoms with van der Waals surface area (Å²) in [6.07, 6.45) is -0.558. The second-order valence-corrected chi connectivity index (χ2v) is 3.91. The topological polar surface area (TPSA) is 55.4 Å². The number of ketones is 1. The van der Waals surface area contributed by atoms with Gasteiger partial charge in [-0.15, -0.1) is 0 Å². The maximum absolute atomic E-state index is 11.7. The van der Waals surface area contributed by atoms with Crippen LogP contribution in [-0.4, -0.2) is 25.0 Å². The molecule has 84 valence electrons. The molecule has 0 aromatic heterocycles. The minimum Gasteiger partial charge on any atom is -0.453 e. The number of nitrogens with one attached hydrogen (secondary N) is 1. The molecule has 1 atom stereocenters. The van der Waals surface area contributed by atoms with Gasteiger partial charge in [-0.2, -0.15) is 0 Å². The first-order chi connectivity index (χ1) is 6.40. The molecule has 0 aromatic carbocycles. The van der Waals surface area contributed by atoms with E-state index in [0.717, 1.165) is 0 Å². The van der Waals surface area contributed by atoms with Crippen molar-refractivity contribution in [2.24, 2.45) is 11.8 Å². The Labute approximate surface area is 86.5 Å². The van der Waals surface area contributed by atoms with E-state index in [2.05, 4.69) is 10.1 Å². The molecule has 4 heteroatoms. The summed E-state index contributed by atoms with van der Waals surface area (Å²) in [6.45, 7) is 7.41. The van der Waals surface area contributed by atoms with Crippen LogP contribution < -0.4 is 5.32 Å². The average molecular weight is 203 g/mol. The van der Waals surface area contributed by atoms with Crippen LogP contribution in [0.15, 0.2) is 0 Å². The molecule has 1 amide bonds. The third kappa shape index (κ3) is 3.77. The van der Waals surface area contributed by atoms with E-state index in [1.54, 1.807) is 0 Å². The van der Waals surface area contributed by atoms with Crippen LogP contribution in [0.4, 0.5) is 4.79 Å². The van der Waals surface area contributed by atoms with E-state index < -0.39 is 12.1 Å². The fourth-order valence-electron chi connectivity index (χ4n) is 1.11. The third-order valence-electron chi connectivity index (χ3n) is 2.00. The number of hydrogen-bond donors (Lipinski definition) is 1. The quantitative estimate of drug-likeness (QED) is 0.758. The predicted molar refractivity (Wildman–Crippen MR) is 56.1 cm³/mol. The van der Waals surface area contributed by atoms with Gasteiger partial charge in [0.2, 0.25) is 0 Å². The molecule has 14 heavy (non-hydrogen) atoms. The molecule has 0 spiro atoms. The Morgan fingerprint density at radius 1 is 1.21 bits per heavy atom. The summed E-state index contributed by atoms with van der Waals surface area (Å²) in [6, 6.07) is -0.456. The highest BCUT2D eigenvalue weighted by atomic mass is 16.5. The van der Waals surface area contributed by atoms with Crippen molar-refractivity contribution >= 4 is 11.9 Å². The lowest BCUT2D eigenvalue weighted by atomic mass is 9.93.